The molecule has 0 bridgehead atoms. The molecule has 8 heteroatoms. The van der Waals surface area contributed by atoms with Crippen LogP contribution >= 0.6 is 11.3 Å². The number of benzene rings is 2. The average molecular weight is 408 g/mol. The van der Waals surface area contributed by atoms with E-state index in [1.165, 1.54) is 28.4 Å². The minimum Gasteiger partial charge on any atom is -0.497 e. The lowest BCUT2D eigenvalue weighted by Gasteiger charge is -2.22. The molecule has 1 aliphatic rings. The number of rotatable bonds is 3. The van der Waals surface area contributed by atoms with E-state index in [1.54, 1.807) is 43.0 Å². The Bertz CT molecular complexity index is 1300. The third-order valence-corrected chi connectivity index (χ3v) is 5.66. The number of halogens is 1. The Labute approximate surface area is 167 Å². The van der Waals surface area contributed by atoms with E-state index in [0.29, 0.717) is 16.4 Å². The molecule has 0 saturated heterocycles. The molecular weight excluding hydrogens is 395 g/mol. The van der Waals surface area contributed by atoms with E-state index in [0.717, 1.165) is 6.07 Å². The fraction of sp³-hybridized carbons (Fsp3) is 0.0952. The molecule has 1 unspecified atom stereocenters. The third kappa shape index (κ3) is 2.64. The Morgan fingerprint density at radius 2 is 1.97 bits per heavy atom. The molecule has 6 nitrogen and oxygen atoms in total. The van der Waals surface area contributed by atoms with Crippen LogP contribution in [0.2, 0.25) is 0 Å². The van der Waals surface area contributed by atoms with Gasteiger partial charge < -0.3 is 9.15 Å². The highest BCUT2D eigenvalue weighted by molar-refractivity contribution is 7.13. The molecule has 0 fully saturated rings. The first kappa shape index (κ1) is 17.6. The Hall–Kier alpha value is -3.52. The predicted molar refractivity (Wildman–Crippen MR) is 106 cm³/mol. The van der Waals surface area contributed by atoms with Crippen molar-refractivity contribution in [2.75, 3.05) is 12.0 Å². The molecule has 29 heavy (non-hydrogen) atoms. The topological polar surface area (TPSA) is 72.6 Å². The van der Waals surface area contributed by atoms with Crippen molar-refractivity contribution in [1.82, 2.24) is 4.98 Å². The number of methoxy groups -OCH3 is 1. The average Bonchev–Trinajstić information content (AvgIpc) is 3.35. The summed E-state index contributed by atoms with van der Waals surface area (Å²) in [7, 11) is 1.56. The third-order valence-electron chi connectivity index (χ3n) is 4.89. The molecule has 0 aliphatic carbocycles. The quantitative estimate of drug-likeness (QED) is 0.509. The van der Waals surface area contributed by atoms with Gasteiger partial charge in [-0.25, -0.2) is 9.37 Å². The summed E-state index contributed by atoms with van der Waals surface area (Å²) >= 11 is 1.28. The van der Waals surface area contributed by atoms with Crippen molar-refractivity contribution >= 4 is 33.3 Å². The van der Waals surface area contributed by atoms with E-state index in [1.807, 2.05) is 0 Å². The molecule has 144 valence electrons. The van der Waals surface area contributed by atoms with Crippen LogP contribution < -0.4 is 15.1 Å². The number of carbonyl (C=O) groups is 1. The van der Waals surface area contributed by atoms with Gasteiger partial charge in [0.15, 0.2) is 10.6 Å². The predicted octanol–water partition coefficient (Wildman–Crippen LogP) is 4.15. The molecule has 1 atom stereocenters. The van der Waals surface area contributed by atoms with Crippen molar-refractivity contribution in [1.29, 1.82) is 0 Å². The smallest absolute Gasteiger partial charge is 0.297 e. The monoisotopic (exact) mass is 408 g/mol. The SMILES string of the molecule is COc1ccc(C2c3c(oc4ccc(F)cc4c3=O)C(=O)N2c2nccs2)cc1. The van der Waals surface area contributed by atoms with Gasteiger partial charge in [0.2, 0.25) is 5.76 Å². The largest absolute Gasteiger partial charge is 0.497 e. The van der Waals surface area contributed by atoms with Gasteiger partial charge in [-0.3, -0.25) is 14.5 Å². The van der Waals surface area contributed by atoms with Gasteiger partial charge in [-0.15, -0.1) is 11.3 Å². The summed E-state index contributed by atoms with van der Waals surface area (Å²) in [5.74, 6) is -0.414. The zero-order valence-corrected chi connectivity index (χ0v) is 15.9. The number of amides is 1. The molecule has 2 aromatic heterocycles. The molecule has 5 rings (SSSR count). The Kier molecular flexibility index (Phi) is 3.95. The Balaban J connectivity index is 1.80. The van der Waals surface area contributed by atoms with Crippen LogP contribution in [-0.2, 0) is 0 Å². The minimum absolute atomic E-state index is 0.0508. The van der Waals surface area contributed by atoms with E-state index in [4.69, 9.17) is 9.15 Å². The van der Waals surface area contributed by atoms with Crippen LogP contribution in [0.3, 0.4) is 0 Å². The van der Waals surface area contributed by atoms with Crippen molar-refractivity contribution in [3.63, 3.8) is 0 Å². The standard InChI is InChI=1S/C21H13FN2O4S/c1-27-13-5-2-11(3-6-13)17-16-18(25)14-10-12(22)4-7-15(14)28-19(16)20(26)24(17)21-23-8-9-29-21/h2-10,17H,1H3. The lowest BCUT2D eigenvalue weighted by molar-refractivity contribution is 0.0971. The highest BCUT2D eigenvalue weighted by atomic mass is 32.1. The van der Waals surface area contributed by atoms with Crippen LogP contribution in [0.4, 0.5) is 9.52 Å². The molecule has 4 aromatic rings. The van der Waals surface area contributed by atoms with E-state index in [2.05, 4.69) is 4.98 Å². The van der Waals surface area contributed by atoms with E-state index < -0.39 is 23.2 Å². The van der Waals surface area contributed by atoms with Gasteiger partial charge >= 0.3 is 0 Å². The van der Waals surface area contributed by atoms with E-state index in [9.17, 15) is 14.0 Å². The number of hydrogen-bond acceptors (Lipinski definition) is 6. The maximum absolute atomic E-state index is 13.8. The second-order valence-corrected chi connectivity index (χ2v) is 7.35. The summed E-state index contributed by atoms with van der Waals surface area (Å²) in [4.78, 5) is 32.2. The van der Waals surface area contributed by atoms with E-state index >= 15 is 0 Å². The van der Waals surface area contributed by atoms with Crippen molar-refractivity contribution in [3.8, 4) is 5.75 Å². The maximum Gasteiger partial charge on any atom is 0.297 e. The van der Waals surface area contributed by atoms with Crippen LogP contribution in [0, 0.1) is 5.82 Å². The number of aromatic nitrogens is 1. The molecule has 0 saturated carbocycles. The number of fused-ring (bicyclic) bond motifs is 2. The highest BCUT2D eigenvalue weighted by Gasteiger charge is 2.44. The molecule has 0 N–H and O–H groups in total. The molecule has 3 heterocycles. The number of nitrogens with zero attached hydrogens (tertiary/aromatic N) is 2. The second kappa shape index (κ2) is 6.52. The Morgan fingerprint density at radius 3 is 2.66 bits per heavy atom. The molecule has 2 aromatic carbocycles. The van der Waals surface area contributed by atoms with Gasteiger partial charge in [-0.2, -0.15) is 0 Å². The summed E-state index contributed by atoms with van der Waals surface area (Å²) in [6.45, 7) is 0. The summed E-state index contributed by atoms with van der Waals surface area (Å²) in [5, 5.41) is 2.28. The van der Waals surface area contributed by atoms with Crippen LogP contribution in [0.15, 0.2) is 63.3 Å². The van der Waals surface area contributed by atoms with Crippen molar-refractivity contribution in [2.24, 2.45) is 0 Å². The van der Waals surface area contributed by atoms with Crippen LogP contribution in [0.25, 0.3) is 11.0 Å². The normalized spacial score (nSPS) is 15.7. The van der Waals surface area contributed by atoms with Crippen molar-refractivity contribution in [3.05, 3.63) is 87.0 Å². The van der Waals surface area contributed by atoms with Gasteiger partial charge in [0, 0.05) is 11.6 Å². The number of anilines is 1. The number of ether oxygens (including phenoxy) is 1. The summed E-state index contributed by atoms with van der Waals surface area (Å²) < 4.78 is 24.7. The lowest BCUT2D eigenvalue weighted by atomic mass is 9.98. The van der Waals surface area contributed by atoms with Crippen LogP contribution in [0.5, 0.6) is 5.75 Å². The van der Waals surface area contributed by atoms with Crippen LogP contribution in [0.1, 0.15) is 27.7 Å². The molecular formula is C21H13FN2O4S. The van der Waals surface area contributed by atoms with E-state index in [-0.39, 0.29) is 22.3 Å². The first-order chi connectivity index (χ1) is 14.1. The zero-order valence-electron chi connectivity index (χ0n) is 15.1. The summed E-state index contributed by atoms with van der Waals surface area (Å²) in [6, 6.07) is 10.00. The molecule has 0 radical (unpaired) electrons. The number of hydrogen-bond donors (Lipinski definition) is 0. The molecule has 1 aliphatic heterocycles. The number of carbonyl (C=O) groups excluding carboxylic acids is 1. The number of thiazole rings is 1. The van der Waals surface area contributed by atoms with Crippen molar-refractivity contribution in [2.45, 2.75) is 6.04 Å². The molecule has 0 spiro atoms. The fourth-order valence-electron chi connectivity index (χ4n) is 3.58. The van der Waals surface area contributed by atoms with Gasteiger partial charge in [-0.05, 0) is 35.9 Å². The first-order valence-corrected chi connectivity index (χ1v) is 9.59. The summed E-state index contributed by atoms with van der Waals surface area (Å²) in [5.41, 5.74) is 0.594. The first-order valence-electron chi connectivity index (χ1n) is 8.71. The van der Waals surface area contributed by atoms with Gasteiger partial charge in [0.25, 0.3) is 5.91 Å². The highest BCUT2D eigenvalue weighted by Crippen LogP contribution is 2.42. The maximum atomic E-state index is 13.8. The second-order valence-electron chi connectivity index (χ2n) is 6.48. The molecule has 1 amide bonds. The summed E-state index contributed by atoms with van der Waals surface area (Å²) in [6.07, 6.45) is 1.59. The fourth-order valence-corrected chi connectivity index (χ4v) is 4.25. The van der Waals surface area contributed by atoms with Gasteiger partial charge in [0.05, 0.1) is 24.1 Å². The van der Waals surface area contributed by atoms with Gasteiger partial charge in [-0.1, -0.05) is 12.1 Å². The van der Waals surface area contributed by atoms with Crippen LogP contribution in [-0.4, -0.2) is 18.0 Å². The Morgan fingerprint density at radius 1 is 1.17 bits per heavy atom. The van der Waals surface area contributed by atoms with Crippen molar-refractivity contribution < 1.29 is 18.3 Å². The lowest BCUT2D eigenvalue weighted by Crippen LogP contribution is -2.29. The zero-order chi connectivity index (χ0) is 20.1. The van der Waals surface area contributed by atoms with Gasteiger partial charge in [0.1, 0.15) is 17.1 Å². The minimum atomic E-state index is -0.738.